The van der Waals surface area contributed by atoms with Crippen molar-refractivity contribution >= 4 is 27.5 Å². The lowest BCUT2D eigenvalue weighted by atomic mass is 10.00. The molecular formula is C15H21BrN2O2. The average molecular weight is 341 g/mol. The summed E-state index contributed by atoms with van der Waals surface area (Å²) in [6.07, 6.45) is 2.56. The van der Waals surface area contributed by atoms with Crippen LogP contribution in [0.3, 0.4) is 0 Å². The third kappa shape index (κ3) is 3.15. The fourth-order valence-corrected chi connectivity index (χ4v) is 3.41. The van der Waals surface area contributed by atoms with E-state index in [1.807, 2.05) is 18.2 Å². The van der Waals surface area contributed by atoms with Crippen LogP contribution in [-0.2, 0) is 4.79 Å². The third-order valence-corrected chi connectivity index (χ3v) is 4.50. The predicted molar refractivity (Wildman–Crippen MR) is 83.8 cm³/mol. The van der Waals surface area contributed by atoms with Crippen molar-refractivity contribution in [3.05, 3.63) is 28.2 Å². The van der Waals surface area contributed by atoms with Gasteiger partial charge < -0.3 is 15.3 Å². The maximum atomic E-state index is 12.0. The summed E-state index contributed by atoms with van der Waals surface area (Å²) < 4.78 is 0.881. The highest BCUT2D eigenvalue weighted by molar-refractivity contribution is 9.10. The molecule has 20 heavy (non-hydrogen) atoms. The number of nitrogens with one attached hydrogen (secondary N) is 1. The van der Waals surface area contributed by atoms with Gasteiger partial charge in [-0.05, 0) is 43.9 Å². The summed E-state index contributed by atoms with van der Waals surface area (Å²) in [5.74, 6) is 0.0698. The van der Waals surface area contributed by atoms with Gasteiger partial charge in [0.05, 0.1) is 6.10 Å². The van der Waals surface area contributed by atoms with Crippen molar-refractivity contribution in [1.82, 2.24) is 5.32 Å². The highest BCUT2D eigenvalue weighted by atomic mass is 79.9. The van der Waals surface area contributed by atoms with E-state index in [1.165, 1.54) is 0 Å². The number of anilines is 1. The topological polar surface area (TPSA) is 52.6 Å². The van der Waals surface area contributed by atoms with E-state index in [1.54, 1.807) is 14.0 Å². The molecule has 1 aromatic carbocycles. The number of nitrogens with zero attached hydrogens (tertiary/aromatic N) is 1. The number of carbonyl (C=O) groups excluding carboxylic acids is 1. The van der Waals surface area contributed by atoms with Crippen LogP contribution in [0.25, 0.3) is 0 Å². The van der Waals surface area contributed by atoms with E-state index in [0.29, 0.717) is 0 Å². The Morgan fingerprint density at radius 2 is 2.25 bits per heavy atom. The van der Waals surface area contributed by atoms with Crippen molar-refractivity contribution < 1.29 is 9.90 Å². The standard InChI is InChI=1S/C15H21BrN2O2/c1-10(19)12-7-6-11(9-13(12)16)18-8-4-3-5-14(18)15(20)17-2/h6-7,9-10,14,19H,3-5,8H2,1-2H3,(H,17,20)/t10-,14?/m0/s1. The van der Waals surface area contributed by atoms with Gasteiger partial charge in [-0.15, -0.1) is 0 Å². The van der Waals surface area contributed by atoms with Crippen molar-refractivity contribution in [3.8, 4) is 0 Å². The van der Waals surface area contributed by atoms with E-state index in [9.17, 15) is 9.90 Å². The number of carbonyl (C=O) groups is 1. The van der Waals surface area contributed by atoms with Gasteiger partial charge >= 0.3 is 0 Å². The Kier molecular flexibility index (Phi) is 5.05. The van der Waals surface area contributed by atoms with Crippen LogP contribution in [0.4, 0.5) is 5.69 Å². The molecule has 1 heterocycles. The van der Waals surface area contributed by atoms with Crippen LogP contribution in [0.2, 0.25) is 0 Å². The van der Waals surface area contributed by atoms with Crippen LogP contribution in [0.1, 0.15) is 37.9 Å². The molecule has 0 spiro atoms. The number of benzene rings is 1. The summed E-state index contributed by atoms with van der Waals surface area (Å²) in [5, 5.41) is 12.4. The molecule has 1 fully saturated rings. The first-order valence-electron chi connectivity index (χ1n) is 7.00. The Bertz CT molecular complexity index is 491. The van der Waals surface area contributed by atoms with Crippen LogP contribution in [-0.4, -0.2) is 30.6 Å². The third-order valence-electron chi connectivity index (χ3n) is 3.82. The molecule has 110 valence electrons. The fourth-order valence-electron chi connectivity index (χ4n) is 2.71. The molecule has 1 unspecified atom stereocenters. The summed E-state index contributed by atoms with van der Waals surface area (Å²) in [4.78, 5) is 14.2. The molecule has 0 aliphatic carbocycles. The van der Waals surface area contributed by atoms with Gasteiger partial charge in [-0.25, -0.2) is 0 Å². The minimum atomic E-state index is -0.505. The maximum absolute atomic E-state index is 12.0. The molecule has 1 amide bonds. The van der Waals surface area contributed by atoms with Crippen LogP contribution in [0.5, 0.6) is 0 Å². The second-order valence-electron chi connectivity index (χ2n) is 5.20. The average Bonchev–Trinajstić information content (AvgIpc) is 2.46. The molecule has 0 saturated carbocycles. The fraction of sp³-hybridized carbons (Fsp3) is 0.533. The zero-order chi connectivity index (χ0) is 14.7. The van der Waals surface area contributed by atoms with Gasteiger partial charge in [0.2, 0.25) is 5.91 Å². The first-order chi connectivity index (χ1) is 9.54. The number of rotatable bonds is 3. The zero-order valence-corrected chi connectivity index (χ0v) is 13.5. The number of amides is 1. The molecule has 0 bridgehead atoms. The second kappa shape index (κ2) is 6.59. The number of aliphatic hydroxyl groups excluding tert-OH is 1. The molecule has 1 aromatic rings. The molecule has 2 rings (SSSR count). The van der Waals surface area contributed by atoms with Crippen molar-refractivity contribution in [3.63, 3.8) is 0 Å². The highest BCUT2D eigenvalue weighted by Gasteiger charge is 2.28. The SMILES string of the molecule is CNC(=O)C1CCCCN1c1ccc([C@H](C)O)c(Br)c1. The molecule has 1 aliphatic heterocycles. The second-order valence-corrected chi connectivity index (χ2v) is 6.06. The van der Waals surface area contributed by atoms with Gasteiger partial charge in [-0.3, -0.25) is 4.79 Å². The molecule has 4 nitrogen and oxygen atoms in total. The lowest BCUT2D eigenvalue weighted by Crippen LogP contribution is -2.48. The minimum absolute atomic E-state index is 0.0698. The largest absolute Gasteiger partial charge is 0.389 e. The number of aliphatic hydroxyl groups is 1. The monoisotopic (exact) mass is 340 g/mol. The zero-order valence-electron chi connectivity index (χ0n) is 11.9. The first-order valence-corrected chi connectivity index (χ1v) is 7.79. The number of halogens is 1. The Morgan fingerprint density at radius 3 is 2.85 bits per heavy atom. The molecule has 5 heteroatoms. The van der Waals surface area contributed by atoms with Gasteiger partial charge in [-0.1, -0.05) is 22.0 Å². The molecule has 1 saturated heterocycles. The summed E-state index contributed by atoms with van der Waals surface area (Å²) >= 11 is 3.50. The summed E-state index contributed by atoms with van der Waals surface area (Å²) in [6.45, 7) is 2.63. The van der Waals surface area contributed by atoms with Gasteiger partial charge in [0.1, 0.15) is 6.04 Å². The summed E-state index contributed by atoms with van der Waals surface area (Å²) in [7, 11) is 1.68. The van der Waals surface area contributed by atoms with Gasteiger partial charge in [-0.2, -0.15) is 0 Å². The number of piperidine rings is 1. The Labute approximate surface area is 128 Å². The lowest BCUT2D eigenvalue weighted by molar-refractivity contribution is -0.122. The molecule has 2 N–H and O–H groups in total. The van der Waals surface area contributed by atoms with Gasteiger partial charge in [0.25, 0.3) is 0 Å². The summed E-state index contributed by atoms with van der Waals surface area (Å²) in [5.41, 5.74) is 1.89. The maximum Gasteiger partial charge on any atom is 0.242 e. The van der Waals surface area contributed by atoms with E-state index in [0.717, 1.165) is 41.5 Å². The Hall–Kier alpha value is -1.07. The molecule has 1 aliphatic rings. The first kappa shape index (κ1) is 15.3. The highest BCUT2D eigenvalue weighted by Crippen LogP contribution is 2.31. The molecule has 2 atom stereocenters. The van der Waals surface area contributed by atoms with E-state index < -0.39 is 6.10 Å². The van der Waals surface area contributed by atoms with Crippen LogP contribution < -0.4 is 10.2 Å². The normalized spacial score (nSPS) is 20.6. The Morgan fingerprint density at radius 1 is 1.50 bits per heavy atom. The molecular weight excluding hydrogens is 320 g/mol. The van der Waals surface area contributed by atoms with Gasteiger partial charge in [0.15, 0.2) is 0 Å². The Balaban J connectivity index is 2.28. The van der Waals surface area contributed by atoms with Crippen molar-refractivity contribution in [2.75, 3.05) is 18.5 Å². The van der Waals surface area contributed by atoms with Crippen molar-refractivity contribution in [2.45, 2.75) is 38.3 Å². The smallest absolute Gasteiger partial charge is 0.242 e. The quantitative estimate of drug-likeness (QED) is 0.889. The number of hydrogen-bond acceptors (Lipinski definition) is 3. The number of likely N-dealkylation sites (N-methyl/N-ethyl adjacent to an activating group) is 1. The molecule has 0 aromatic heterocycles. The van der Waals surface area contributed by atoms with Crippen molar-refractivity contribution in [1.29, 1.82) is 0 Å². The van der Waals surface area contributed by atoms with E-state index in [4.69, 9.17) is 0 Å². The summed E-state index contributed by atoms with van der Waals surface area (Å²) in [6, 6.07) is 5.79. The van der Waals surface area contributed by atoms with Crippen LogP contribution >= 0.6 is 15.9 Å². The van der Waals surface area contributed by atoms with Gasteiger partial charge in [0, 0.05) is 23.8 Å². The van der Waals surface area contributed by atoms with Crippen molar-refractivity contribution in [2.24, 2.45) is 0 Å². The lowest BCUT2D eigenvalue weighted by Gasteiger charge is -2.36. The number of hydrogen-bond donors (Lipinski definition) is 2. The molecule has 0 radical (unpaired) electrons. The van der Waals surface area contributed by atoms with E-state index >= 15 is 0 Å². The van der Waals surface area contributed by atoms with E-state index in [2.05, 4.69) is 26.1 Å². The van der Waals surface area contributed by atoms with E-state index in [-0.39, 0.29) is 11.9 Å². The predicted octanol–water partition coefficient (Wildman–Crippen LogP) is 2.61. The van der Waals surface area contributed by atoms with Crippen LogP contribution in [0.15, 0.2) is 22.7 Å². The minimum Gasteiger partial charge on any atom is -0.389 e. The van der Waals surface area contributed by atoms with Crippen LogP contribution in [0, 0.1) is 0 Å².